The second-order valence-corrected chi connectivity index (χ2v) is 4.19. The summed E-state index contributed by atoms with van der Waals surface area (Å²) in [5.74, 6) is -0.983. The van der Waals surface area contributed by atoms with Crippen LogP contribution in [0.2, 0.25) is 0 Å². The average molecular weight is 274 g/mol. The minimum absolute atomic E-state index is 0.0982. The minimum Gasteiger partial charge on any atom is -0.507 e. The summed E-state index contributed by atoms with van der Waals surface area (Å²) in [6, 6.07) is 2.50. The van der Waals surface area contributed by atoms with Crippen molar-refractivity contribution >= 4 is 21.9 Å². The van der Waals surface area contributed by atoms with Gasteiger partial charge in [-0.2, -0.15) is 0 Å². The fourth-order valence-corrected chi connectivity index (χ4v) is 1.71. The van der Waals surface area contributed by atoms with E-state index in [9.17, 15) is 9.90 Å². The van der Waals surface area contributed by atoms with Gasteiger partial charge in [-0.15, -0.1) is 0 Å². The van der Waals surface area contributed by atoms with E-state index in [0.29, 0.717) is 15.6 Å². The zero-order chi connectivity index (χ0) is 11.6. The third kappa shape index (κ3) is 2.70. The highest BCUT2D eigenvalue weighted by atomic mass is 79.9. The monoisotopic (exact) mass is 273 g/mol. The molecule has 0 aliphatic rings. The number of carboxylic acid groups (broad SMARTS) is 1. The zero-order valence-corrected chi connectivity index (χ0v) is 9.78. The summed E-state index contributed by atoms with van der Waals surface area (Å²) in [7, 11) is 0. The molecule has 0 amide bonds. The maximum absolute atomic E-state index is 10.6. The van der Waals surface area contributed by atoms with Crippen molar-refractivity contribution in [2.45, 2.75) is 19.4 Å². The van der Waals surface area contributed by atoms with E-state index in [2.05, 4.69) is 15.9 Å². The van der Waals surface area contributed by atoms with Crippen LogP contribution in [0.5, 0.6) is 5.75 Å². The normalized spacial score (nSPS) is 12.5. The van der Waals surface area contributed by atoms with Gasteiger partial charge < -0.3 is 15.9 Å². The summed E-state index contributed by atoms with van der Waals surface area (Å²) in [4.78, 5) is 10.6. The SMILES string of the molecule is Cc1ccc(Br)c(CC(N)C(=O)O)c1O. The van der Waals surface area contributed by atoms with Crippen LogP contribution in [-0.2, 0) is 11.2 Å². The Morgan fingerprint density at radius 3 is 2.73 bits per heavy atom. The molecule has 1 aromatic carbocycles. The van der Waals surface area contributed by atoms with Gasteiger partial charge in [0.1, 0.15) is 11.8 Å². The van der Waals surface area contributed by atoms with Gasteiger partial charge in [0.25, 0.3) is 0 Å². The third-order valence-corrected chi connectivity index (χ3v) is 2.91. The lowest BCUT2D eigenvalue weighted by molar-refractivity contribution is -0.138. The van der Waals surface area contributed by atoms with E-state index in [4.69, 9.17) is 10.8 Å². The van der Waals surface area contributed by atoms with Crippen molar-refractivity contribution in [3.05, 3.63) is 27.7 Å². The molecule has 4 nitrogen and oxygen atoms in total. The van der Waals surface area contributed by atoms with Crippen LogP contribution in [0, 0.1) is 6.92 Å². The molecule has 0 spiro atoms. The van der Waals surface area contributed by atoms with E-state index >= 15 is 0 Å². The Labute approximate surface area is 95.8 Å². The Morgan fingerprint density at radius 1 is 1.60 bits per heavy atom. The molecule has 0 fully saturated rings. The topological polar surface area (TPSA) is 83.6 Å². The summed E-state index contributed by atoms with van der Waals surface area (Å²) < 4.78 is 0.669. The molecule has 1 atom stereocenters. The average Bonchev–Trinajstić information content (AvgIpc) is 2.18. The maximum Gasteiger partial charge on any atom is 0.320 e. The van der Waals surface area contributed by atoms with Crippen molar-refractivity contribution in [1.29, 1.82) is 0 Å². The molecule has 5 heteroatoms. The molecule has 0 aromatic heterocycles. The maximum atomic E-state index is 10.6. The largest absolute Gasteiger partial charge is 0.507 e. The number of phenolic OH excluding ortho intramolecular Hbond substituents is 1. The molecule has 1 aromatic rings. The molecule has 0 aliphatic heterocycles. The standard InChI is InChI=1S/C10H12BrNO3/c1-5-2-3-7(11)6(9(5)13)4-8(12)10(14)15/h2-3,8,13H,4,12H2,1H3,(H,14,15). The Morgan fingerprint density at radius 2 is 2.20 bits per heavy atom. The molecule has 1 rings (SSSR count). The smallest absolute Gasteiger partial charge is 0.320 e. The summed E-state index contributed by atoms with van der Waals surface area (Å²) in [5, 5.41) is 18.4. The van der Waals surface area contributed by atoms with Crippen LogP contribution >= 0.6 is 15.9 Å². The predicted molar refractivity (Wildman–Crippen MR) is 59.9 cm³/mol. The number of carboxylic acids is 1. The highest BCUT2D eigenvalue weighted by Crippen LogP contribution is 2.30. The molecule has 0 saturated heterocycles. The Bertz CT molecular complexity index is 392. The van der Waals surface area contributed by atoms with Crippen molar-refractivity contribution in [2.24, 2.45) is 5.73 Å². The van der Waals surface area contributed by atoms with Gasteiger partial charge in [0.15, 0.2) is 0 Å². The highest BCUT2D eigenvalue weighted by molar-refractivity contribution is 9.10. The number of hydrogen-bond acceptors (Lipinski definition) is 3. The van der Waals surface area contributed by atoms with Crippen molar-refractivity contribution in [3.63, 3.8) is 0 Å². The molecular formula is C10H12BrNO3. The molecule has 82 valence electrons. The van der Waals surface area contributed by atoms with E-state index in [1.54, 1.807) is 19.1 Å². The number of nitrogens with two attached hydrogens (primary N) is 1. The molecule has 0 radical (unpaired) electrons. The fourth-order valence-electron chi connectivity index (χ4n) is 1.23. The summed E-state index contributed by atoms with van der Waals surface area (Å²) >= 11 is 3.25. The molecule has 0 saturated carbocycles. The number of aromatic hydroxyl groups is 1. The van der Waals surface area contributed by atoms with Gasteiger partial charge in [0.05, 0.1) is 0 Å². The Kier molecular flexibility index (Phi) is 3.71. The van der Waals surface area contributed by atoms with Crippen molar-refractivity contribution in [3.8, 4) is 5.75 Å². The summed E-state index contributed by atoms with van der Waals surface area (Å²) in [6.07, 6.45) is 0.101. The second-order valence-electron chi connectivity index (χ2n) is 3.34. The number of halogens is 1. The lowest BCUT2D eigenvalue weighted by Crippen LogP contribution is -2.32. The van der Waals surface area contributed by atoms with Gasteiger partial charge in [0, 0.05) is 16.5 Å². The Balaban J connectivity index is 3.03. The van der Waals surface area contributed by atoms with Crippen LogP contribution in [0.1, 0.15) is 11.1 Å². The number of rotatable bonds is 3. The van der Waals surface area contributed by atoms with E-state index in [1.807, 2.05) is 0 Å². The second kappa shape index (κ2) is 4.63. The molecular weight excluding hydrogens is 262 g/mol. The highest BCUT2D eigenvalue weighted by Gasteiger charge is 2.17. The zero-order valence-electron chi connectivity index (χ0n) is 8.20. The van der Waals surface area contributed by atoms with E-state index in [-0.39, 0.29) is 12.2 Å². The van der Waals surface area contributed by atoms with Crippen molar-refractivity contribution in [2.75, 3.05) is 0 Å². The summed E-state index contributed by atoms with van der Waals surface area (Å²) in [5.41, 5.74) is 6.64. The first-order valence-corrected chi connectivity index (χ1v) is 5.18. The van der Waals surface area contributed by atoms with Crippen LogP contribution in [0.25, 0.3) is 0 Å². The first-order chi connectivity index (χ1) is 6.93. The Hall–Kier alpha value is -1.07. The van der Waals surface area contributed by atoms with Crippen LogP contribution in [-0.4, -0.2) is 22.2 Å². The molecule has 0 bridgehead atoms. The quantitative estimate of drug-likeness (QED) is 0.778. The predicted octanol–water partition coefficient (Wildman–Crippen LogP) is 1.42. The van der Waals surface area contributed by atoms with Crippen LogP contribution in [0.4, 0.5) is 0 Å². The minimum atomic E-state index is -1.08. The first-order valence-electron chi connectivity index (χ1n) is 4.38. The molecule has 0 aliphatic carbocycles. The van der Waals surface area contributed by atoms with Crippen LogP contribution in [0.15, 0.2) is 16.6 Å². The third-order valence-electron chi connectivity index (χ3n) is 2.17. The van der Waals surface area contributed by atoms with E-state index in [1.165, 1.54) is 0 Å². The molecule has 0 heterocycles. The van der Waals surface area contributed by atoms with E-state index in [0.717, 1.165) is 0 Å². The number of carbonyl (C=O) groups is 1. The van der Waals surface area contributed by atoms with Crippen LogP contribution in [0.3, 0.4) is 0 Å². The lowest BCUT2D eigenvalue weighted by Gasteiger charge is -2.12. The molecule has 1 unspecified atom stereocenters. The number of phenols is 1. The lowest BCUT2D eigenvalue weighted by atomic mass is 10.0. The van der Waals surface area contributed by atoms with Gasteiger partial charge in [-0.3, -0.25) is 4.79 Å². The molecule has 15 heavy (non-hydrogen) atoms. The van der Waals surface area contributed by atoms with E-state index < -0.39 is 12.0 Å². The molecule has 4 N–H and O–H groups in total. The van der Waals surface area contributed by atoms with Gasteiger partial charge in [-0.05, 0) is 18.6 Å². The van der Waals surface area contributed by atoms with Gasteiger partial charge in [0.2, 0.25) is 0 Å². The first kappa shape index (κ1) is 12.0. The number of benzene rings is 1. The van der Waals surface area contributed by atoms with Crippen molar-refractivity contribution in [1.82, 2.24) is 0 Å². The summed E-state index contributed by atoms with van der Waals surface area (Å²) in [6.45, 7) is 1.75. The van der Waals surface area contributed by atoms with Gasteiger partial charge in [-0.25, -0.2) is 0 Å². The van der Waals surface area contributed by atoms with Crippen molar-refractivity contribution < 1.29 is 15.0 Å². The number of aryl methyl sites for hydroxylation is 1. The fraction of sp³-hybridized carbons (Fsp3) is 0.300. The number of aliphatic carboxylic acids is 1. The van der Waals surface area contributed by atoms with Crippen LogP contribution < -0.4 is 5.73 Å². The van der Waals surface area contributed by atoms with Gasteiger partial charge >= 0.3 is 5.97 Å². The number of hydrogen-bond donors (Lipinski definition) is 3. The van der Waals surface area contributed by atoms with Gasteiger partial charge in [-0.1, -0.05) is 22.0 Å².